The van der Waals surface area contributed by atoms with Gasteiger partial charge >= 0.3 is 0 Å². The van der Waals surface area contributed by atoms with E-state index in [1.54, 1.807) is 18.2 Å². The van der Waals surface area contributed by atoms with Crippen molar-refractivity contribution in [2.75, 3.05) is 25.0 Å². The van der Waals surface area contributed by atoms with E-state index in [1.807, 2.05) is 0 Å². The molecular weight excluding hydrogens is 501 g/mol. The molecule has 0 saturated heterocycles. The number of halogens is 2. The van der Waals surface area contributed by atoms with Crippen LogP contribution in [0.15, 0.2) is 41.7 Å². The average molecular weight is 526 g/mol. The van der Waals surface area contributed by atoms with Crippen molar-refractivity contribution in [3.05, 3.63) is 58.4 Å². The number of aldehydes is 1. The monoisotopic (exact) mass is 525 g/mol. The Morgan fingerprint density at radius 1 is 1.30 bits per heavy atom. The zero-order chi connectivity index (χ0) is 26.4. The van der Waals surface area contributed by atoms with Gasteiger partial charge in [0, 0.05) is 17.6 Å². The number of alkyl halides is 1. The number of anilines is 1. The largest absolute Gasteiger partial charge is 0.353 e. The molecule has 1 aliphatic carbocycles. The molecule has 2 heterocycles. The van der Waals surface area contributed by atoms with Crippen molar-refractivity contribution >= 4 is 41.3 Å². The number of hydrogen-bond acceptors (Lipinski definition) is 8. The van der Waals surface area contributed by atoms with Gasteiger partial charge in [-0.2, -0.15) is 5.26 Å². The molecule has 2 amide bonds. The smallest absolute Gasteiger partial charge is 0.253 e. The van der Waals surface area contributed by atoms with E-state index in [9.17, 15) is 24.0 Å². The van der Waals surface area contributed by atoms with Gasteiger partial charge in [-0.1, -0.05) is 17.7 Å². The summed E-state index contributed by atoms with van der Waals surface area (Å²) < 4.78 is 13.2. The van der Waals surface area contributed by atoms with Crippen LogP contribution in [0.25, 0.3) is 0 Å². The van der Waals surface area contributed by atoms with Crippen LogP contribution in [0.5, 0.6) is 0 Å². The number of carbonyl (C=O) groups is 3. The number of pyridine rings is 1. The quantitative estimate of drug-likeness (QED) is 0.367. The van der Waals surface area contributed by atoms with Crippen LogP contribution in [0.1, 0.15) is 46.8 Å². The van der Waals surface area contributed by atoms with Gasteiger partial charge in [-0.25, -0.2) is 9.38 Å². The lowest BCUT2D eigenvalue weighted by Gasteiger charge is -2.20. The topological polar surface area (TPSA) is 148 Å². The van der Waals surface area contributed by atoms with Crippen molar-refractivity contribution in [1.82, 2.24) is 20.9 Å². The second kappa shape index (κ2) is 11.3. The van der Waals surface area contributed by atoms with E-state index >= 15 is 0 Å². The molecule has 1 fully saturated rings. The van der Waals surface area contributed by atoms with E-state index in [4.69, 9.17) is 11.6 Å². The Bertz CT molecular complexity index is 1280. The summed E-state index contributed by atoms with van der Waals surface area (Å²) >= 11 is 6.27. The van der Waals surface area contributed by atoms with Crippen LogP contribution in [-0.2, 0) is 15.0 Å². The average Bonchev–Trinajstić information content (AvgIpc) is 3.70. The Kier molecular flexibility index (Phi) is 7.98. The van der Waals surface area contributed by atoms with Crippen LogP contribution < -0.4 is 21.3 Å². The lowest BCUT2D eigenvalue weighted by Crippen LogP contribution is -2.41. The summed E-state index contributed by atoms with van der Waals surface area (Å²) in [7, 11) is 0. The standard InChI is InChI=1S/C25H25ClFN7O3/c26-18-6-15(5-17(8-18)25(14-28)2-3-25)21(1-4-35)34-22(36)13-30-23(37)16-7-20(12-29-9-16)33-24-31-10-19(27)11-32-24/h4-9,12,19,21H,1-3,10-11,13H2,(H,30,37)(H,34,36)(H2,31,32,33)/t21-/m0/s1. The van der Waals surface area contributed by atoms with Gasteiger partial charge in [0.15, 0.2) is 5.96 Å². The van der Waals surface area contributed by atoms with Crippen molar-refractivity contribution in [1.29, 1.82) is 5.26 Å². The van der Waals surface area contributed by atoms with Crippen LogP contribution in [0.4, 0.5) is 10.1 Å². The number of hydrogen-bond donors (Lipinski definition) is 4. The summed E-state index contributed by atoms with van der Waals surface area (Å²) in [5, 5.41) is 20.9. The zero-order valence-corrected chi connectivity index (χ0v) is 20.5. The Labute approximate surface area is 217 Å². The third-order valence-corrected chi connectivity index (χ3v) is 6.34. The second-order valence-corrected chi connectivity index (χ2v) is 9.36. The molecule has 2 aliphatic rings. The third kappa shape index (κ3) is 6.59. The van der Waals surface area contributed by atoms with E-state index in [0.29, 0.717) is 28.5 Å². The maximum Gasteiger partial charge on any atom is 0.253 e. The van der Waals surface area contributed by atoms with Crippen LogP contribution in [0.2, 0.25) is 5.02 Å². The molecule has 2 aromatic rings. The minimum absolute atomic E-state index is 0.00225. The zero-order valence-electron chi connectivity index (χ0n) is 19.8. The molecule has 1 aromatic heterocycles. The highest BCUT2D eigenvalue weighted by molar-refractivity contribution is 6.30. The molecule has 1 unspecified atom stereocenters. The first-order valence-corrected chi connectivity index (χ1v) is 12.1. The van der Waals surface area contributed by atoms with Crippen LogP contribution in [-0.4, -0.2) is 54.8 Å². The molecule has 0 spiro atoms. The summed E-state index contributed by atoms with van der Waals surface area (Å²) in [5.74, 6) is -0.664. The van der Waals surface area contributed by atoms with Gasteiger partial charge in [-0.15, -0.1) is 0 Å². The number of benzene rings is 1. The van der Waals surface area contributed by atoms with Gasteiger partial charge in [-0.05, 0) is 42.2 Å². The van der Waals surface area contributed by atoms with E-state index in [1.165, 1.54) is 18.5 Å². The summed E-state index contributed by atoms with van der Waals surface area (Å²) in [4.78, 5) is 44.6. The molecule has 192 valence electrons. The molecule has 4 N–H and O–H groups in total. The maximum atomic E-state index is 13.2. The van der Waals surface area contributed by atoms with E-state index < -0.39 is 29.4 Å². The minimum atomic E-state index is -1.05. The molecule has 1 saturated carbocycles. The number of nitriles is 1. The summed E-state index contributed by atoms with van der Waals surface area (Å²) in [6.45, 7) is -0.165. The van der Waals surface area contributed by atoms with Crippen LogP contribution in [0, 0.1) is 11.3 Å². The van der Waals surface area contributed by atoms with Crippen molar-refractivity contribution in [2.45, 2.75) is 36.9 Å². The minimum Gasteiger partial charge on any atom is -0.353 e. The van der Waals surface area contributed by atoms with Gasteiger partial charge in [0.05, 0.1) is 54.6 Å². The van der Waals surface area contributed by atoms with Crippen molar-refractivity contribution in [3.63, 3.8) is 0 Å². The number of nitrogens with zero attached hydrogens (tertiary/aromatic N) is 3. The molecule has 12 heteroatoms. The predicted molar refractivity (Wildman–Crippen MR) is 135 cm³/mol. The first kappa shape index (κ1) is 26.0. The van der Waals surface area contributed by atoms with Crippen molar-refractivity contribution < 1.29 is 18.8 Å². The Morgan fingerprint density at radius 3 is 2.78 bits per heavy atom. The summed E-state index contributed by atoms with van der Waals surface area (Å²) in [5.41, 5.74) is 1.46. The fourth-order valence-electron chi connectivity index (χ4n) is 3.93. The summed E-state index contributed by atoms with van der Waals surface area (Å²) in [6, 6.07) is 8.34. The van der Waals surface area contributed by atoms with E-state index in [0.717, 1.165) is 18.4 Å². The maximum absolute atomic E-state index is 13.2. The lowest BCUT2D eigenvalue weighted by atomic mass is 9.93. The Hall–Kier alpha value is -4.04. The highest BCUT2D eigenvalue weighted by Gasteiger charge is 2.45. The molecule has 0 radical (unpaired) electrons. The highest BCUT2D eigenvalue weighted by Crippen LogP contribution is 2.48. The number of nitrogens with one attached hydrogen (secondary N) is 4. The van der Waals surface area contributed by atoms with Crippen molar-refractivity contribution in [3.8, 4) is 6.07 Å². The number of carbonyl (C=O) groups excluding carboxylic acids is 3. The molecular formula is C25H25ClFN7O3. The fourth-order valence-corrected chi connectivity index (χ4v) is 4.18. The fraction of sp³-hybridized carbons (Fsp3) is 0.360. The summed E-state index contributed by atoms with van der Waals surface area (Å²) in [6.07, 6.45) is 3.92. The van der Waals surface area contributed by atoms with Gasteiger partial charge < -0.3 is 26.1 Å². The van der Waals surface area contributed by atoms with Crippen molar-refractivity contribution in [2.24, 2.45) is 4.99 Å². The van der Waals surface area contributed by atoms with Gasteiger partial charge in [0.1, 0.15) is 12.5 Å². The lowest BCUT2D eigenvalue weighted by molar-refractivity contribution is -0.121. The van der Waals surface area contributed by atoms with Crippen LogP contribution >= 0.6 is 11.6 Å². The van der Waals surface area contributed by atoms with Gasteiger partial charge in [0.2, 0.25) is 5.91 Å². The number of aliphatic imine (C=N–C) groups is 1. The highest BCUT2D eigenvalue weighted by atomic mass is 35.5. The molecule has 4 rings (SSSR count). The van der Waals surface area contributed by atoms with E-state index in [-0.39, 0.29) is 31.6 Å². The SMILES string of the molecule is N#CC1(c2cc(Cl)cc([C@H](CC=O)NC(=O)CNC(=O)c3cncc(NC4=NCC(F)CN4)c3)c2)CC1. The molecule has 0 bridgehead atoms. The number of guanidine groups is 1. The number of aromatic nitrogens is 1. The molecule has 37 heavy (non-hydrogen) atoms. The number of amides is 2. The molecule has 1 aliphatic heterocycles. The third-order valence-electron chi connectivity index (χ3n) is 6.12. The molecule has 2 atom stereocenters. The first-order valence-electron chi connectivity index (χ1n) is 11.7. The number of rotatable bonds is 9. The van der Waals surface area contributed by atoms with Gasteiger partial charge in [0.25, 0.3) is 5.91 Å². The molecule has 1 aromatic carbocycles. The van der Waals surface area contributed by atoms with Gasteiger partial charge in [-0.3, -0.25) is 14.6 Å². The predicted octanol–water partition coefficient (Wildman–Crippen LogP) is 2.18. The Balaban J connectivity index is 1.36. The second-order valence-electron chi connectivity index (χ2n) is 8.93. The Morgan fingerprint density at radius 2 is 2.11 bits per heavy atom. The first-order chi connectivity index (χ1) is 17.8. The normalized spacial score (nSPS) is 18.3. The molecule has 10 nitrogen and oxygen atoms in total. The van der Waals surface area contributed by atoms with E-state index in [2.05, 4.69) is 37.3 Å². The van der Waals surface area contributed by atoms with Crippen LogP contribution in [0.3, 0.4) is 0 Å².